The van der Waals surface area contributed by atoms with Crippen LogP contribution in [0, 0.1) is 5.41 Å². The third-order valence-electron chi connectivity index (χ3n) is 2.56. The van der Waals surface area contributed by atoms with Gasteiger partial charge in [-0.2, -0.15) is 0 Å². The van der Waals surface area contributed by atoms with Crippen molar-refractivity contribution in [2.24, 2.45) is 5.41 Å². The largest absolute Gasteiger partial charge is 0.359 e. The molecule has 1 aromatic rings. The summed E-state index contributed by atoms with van der Waals surface area (Å²) in [4.78, 5) is 4.22. The van der Waals surface area contributed by atoms with Crippen molar-refractivity contribution in [1.82, 2.24) is 9.55 Å². The number of hydrogen-bond donors (Lipinski definition) is 1. The van der Waals surface area contributed by atoms with Gasteiger partial charge in [0.15, 0.2) is 0 Å². The van der Waals surface area contributed by atoms with Gasteiger partial charge < -0.3 is 9.88 Å². The van der Waals surface area contributed by atoms with Crippen molar-refractivity contribution in [2.45, 2.75) is 33.7 Å². The van der Waals surface area contributed by atoms with Gasteiger partial charge in [-0.25, -0.2) is 4.98 Å². The lowest BCUT2D eigenvalue weighted by atomic mass is 9.88. The van der Waals surface area contributed by atoms with Crippen LogP contribution in [0.25, 0.3) is 0 Å². The minimum atomic E-state index is 0.256. The minimum Gasteiger partial charge on any atom is -0.359 e. The molecule has 0 fully saturated rings. The summed E-state index contributed by atoms with van der Waals surface area (Å²) in [5, 5.41) is 3.08. The zero-order valence-corrected chi connectivity index (χ0v) is 9.13. The first-order valence-corrected chi connectivity index (χ1v) is 4.67. The maximum absolute atomic E-state index is 4.22. The van der Waals surface area contributed by atoms with Crippen molar-refractivity contribution in [1.29, 1.82) is 0 Å². The molecule has 1 heterocycles. The second-order valence-electron chi connectivity index (χ2n) is 4.45. The van der Waals surface area contributed by atoms with E-state index in [1.807, 2.05) is 19.4 Å². The Hall–Kier alpha value is -0.990. The third kappa shape index (κ3) is 2.02. The van der Waals surface area contributed by atoms with E-state index in [0.717, 1.165) is 5.95 Å². The maximum atomic E-state index is 4.22. The summed E-state index contributed by atoms with van der Waals surface area (Å²) in [7, 11) is 1.90. The predicted molar refractivity (Wildman–Crippen MR) is 55.9 cm³/mol. The van der Waals surface area contributed by atoms with Gasteiger partial charge in [-0.05, 0) is 12.3 Å². The van der Waals surface area contributed by atoms with E-state index in [4.69, 9.17) is 0 Å². The normalized spacial score (nSPS) is 14.2. The average Bonchev–Trinajstić information content (AvgIpc) is 2.48. The molecule has 0 aliphatic rings. The van der Waals surface area contributed by atoms with E-state index in [2.05, 4.69) is 42.6 Å². The van der Waals surface area contributed by atoms with E-state index in [1.54, 1.807) is 0 Å². The molecule has 0 saturated carbocycles. The van der Waals surface area contributed by atoms with Gasteiger partial charge in [0.1, 0.15) is 0 Å². The minimum absolute atomic E-state index is 0.256. The zero-order chi connectivity index (χ0) is 10.1. The number of anilines is 1. The van der Waals surface area contributed by atoms with Gasteiger partial charge in [0.25, 0.3) is 0 Å². The Kier molecular flexibility index (Phi) is 2.64. The van der Waals surface area contributed by atoms with Crippen molar-refractivity contribution in [3.05, 3.63) is 12.4 Å². The molecule has 1 atom stereocenters. The summed E-state index contributed by atoms with van der Waals surface area (Å²) < 4.78 is 2.17. The lowest BCUT2D eigenvalue weighted by molar-refractivity contribution is 0.265. The Balaban J connectivity index is 2.94. The van der Waals surface area contributed by atoms with Crippen LogP contribution in [0.4, 0.5) is 5.95 Å². The van der Waals surface area contributed by atoms with Crippen molar-refractivity contribution < 1.29 is 0 Å². The number of aromatic nitrogens is 2. The Bertz CT molecular complexity index is 270. The van der Waals surface area contributed by atoms with E-state index in [0.29, 0.717) is 6.04 Å². The van der Waals surface area contributed by atoms with Crippen LogP contribution in [0.3, 0.4) is 0 Å². The van der Waals surface area contributed by atoms with Gasteiger partial charge in [0.05, 0.1) is 0 Å². The molecule has 1 unspecified atom stereocenters. The van der Waals surface area contributed by atoms with Crippen LogP contribution in [-0.2, 0) is 0 Å². The highest BCUT2D eigenvalue weighted by atomic mass is 15.2. The molecular weight excluding hydrogens is 162 g/mol. The van der Waals surface area contributed by atoms with E-state index < -0.39 is 0 Å². The number of hydrogen-bond acceptors (Lipinski definition) is 2. The molecule has 1 rings (SSSR count). The van der Waals surface area contributed by atoms with Crippen molar-refractivity contribution in [3.63, 3.8) is 0 Å². The van der Waals surface area contributed by atoms with Crippen LogP contribution in [0.2, 0.25) is 0 Å². The molecule has 0 radical (unpaired) electrons. The molecule has 0 spiro atoms. The van der Waals surface area contributed by atoms with Gasteiger partial charge in [-0.3, -0.25) is 0 Å². The molecule has 0 aliphatic carbocycles. The number of imidazole rings is 1. The average molecular weight is 181 g/mol. The van der Waals surface area contributed by atoms with Crippen LogP contribution >= 0.6 is 0 Å². The molecule has 1 N–H and O–H groups in total. The molecule has 0 aromatic carbocycles. The Morgan fingerprint density at radius 2 is 2.08 bits per heavy atom. The topological polar surface area (TPSA) is 29.9 Å². The smallest absolute Gasteiger partial charge is 0.202 e. The zero-order valence-electron chi connectivity index (χ0n) is 9.13. The highest BCUT2D eigenvalue weighted by Crippen LogP contribution is 2.31. The fourth-order valence-corrected chi connectivity index (χ4v) is 1.24. The molecule has 0 bridgehead atoms. The quantitative estimate of drug-likeness (QED) is 0.759. The van der Waals surface area contributed by atoms with E-state index in [9.17, 15) is 0 Å². The predicted octanol–water partition coefficient (Wildman–Crippen LogP) is 2.53. The first-order chi connectivity index (χ1) is 5.96. The molecule has 1 aromatic heterocycles. The van der Waals surface area contributed by atoms with Gasteiger partial charge in [0.2, 0.25) is 5.95 Å². The van der Waals surface area contributed by atoms with E-state index in [-0.39, 0.29) is 5.41 Å². The Morgan fingerprint density at radius 1 is 1.46 bits per heavy atom. The highest BCUT2D eigenvalue weighted by Gasteiger charge is 2.22. The number of nitrogens with zero attached hydrogens (tertiary/aromatic N) is 2. The summed E-state index contributed by atoms with van der Waals surface area (Å²) in [6.45, 7) is 8.91. The molecule has 0 saturated heterocycles. The highest BCUT2D eigenvalue weighted by molar-refractivity contribution is 5.25. The van der Waals surface area contributed by atoms with Crippen LogP contribution in [0.15, 0.2) is 12.4 Å². The molecular formula is C10H19N3. The van der Waals surface area contributed by atoms with Crippen LogP contribution in [-0.4, -0.2) is 16.6 Å². The van der Waals surface area contributed by atoms with Crippen LogP contribution in [0.5, 0.6) is 0 Å². The van der Waals surface area contributed by atoms with Gasteiger partial charge >= 0.3 is 0 Å². The summed E-state index contributed by atoms with van der Waals surface area (Å²) >= 11 is 0. The van der Waals surface area contributed by atoms with Gasteiger partial charge in [-0.1, -0.05) is 20.8 Å². The second-order valence-corrected chi connectivity index (χ2v) is 4.45. The monoisotopic (exact) mass is 181 g/mol. The Morgan fingerprint density at radius 3 is 2.54 bits per heavy atom. The molecule has 3 nitrogen and oxygen atoms in total. The Labute approximate surface area is 80.2 Å². The maximum Gasteiger partial charge on any atom is 0.202 e. The number of nitrogens with one attached hydrogen (secondary N) is 1. The fourth-order valence-electron chi connectivity index (χ4n) is 1.24. The standard InChI is InChI=1S/C10H19N3/c1-8(10(2,3)4)13-7-6-12-9(13)11-5/h6-8H,1-5H3,(H,11,12). The first-order valence-electron chi connectivity index (χ1n) is 4.67. The first kappa shape index (κ1) is 10.1. The summed E-state index contributed by atoms with van der Waals surface area (Å²) in [5.41, 5.74) is 0.256. The van der Waals surface area contributed by atoms with E-state index >= 15 is 0 Å². The molecule has 3 heteroatoms. The summed E-state index contributed by atoms with van der Waals surface area (Å²) in [5.74, 6) is 0.933. The van der Waals surface area contributed by atoms with Crippen LogP contribution < -0.4 is 5.32 Å². The van der Waals surface area contributed by atoms with Crippen LogP contribution in [0.1, 0.15) is 33.7 Å². The van der Waals surface area contributed by atoms with Crippen molar-refractivity contribution in [3.8, 4) is 0 Å². The SMILES string of the molecule is CNc1nccn1C(C)C(C)(C)C. The van der Waals surface area contributed by atoms with Crippen molar-refractivity contribution >= 4 is 5.95 Å². The van der Waals surface area contributed by atoms with E-state index in [1.165, 1.54) is 0 Å². The lowest BCUT2D eigenvalue weighted by Gasteiger charge is -2.29. The van der Waals surface area contributed by atoms with Gasteiger partial charge in [0, 0.05) is 25.5 Å². The fraction of sp³-hybridized carbons (Fsp3) is 0.700. The number of rotatable bonds is 2. The summed E-state index contributed by atoms with van der Waals surface area (Å²) in [6, 6.07) is 0.442. The third-order valence-corrected chi connectivity index (χ3v) is 2.56. The molecule has 0 aliphatic heterocycles. The summed E-state index contributed by atoms with van der Waals surface area (Å²) in [6.07, 6.45) is 3.84. The van der Waals surface area contributed by atoms with Crippen molar-refractivity contribution in [2.75, 3.05) is 12.4 Å². The molecule has 74 valence electrons. The lowest BCUT2D eigenvalue weighted by Crippen LogP contribution is -2.22. The second kappa shape index (κ2) is 3.40. The molecule has 13 heavy (non-hydrogen) atoms. The molecule has 0 amide bonds. The van der Waals surface area contributed by atoms with Gasteiger partial charge in [-0.15, -0.1) is 0 Å².